The summed E-state index contributed by atoms with van der Waals surface area (Å²) in [4.78, 5) is 7.86. The molecule has 2 rings (SSSR count). The van der Waals surface area contributed by atoms with E-state index in [2.05, 4.69) is 30.6 Å². The number of hydrogen-bond acceptors (Lipinski definition) is 6. The van der Waals surface area contributed by atoms with Gasteiger partial charge < -0.3 is 10.9 Å². The molecule has 0 atom stereocenters. The normalized spacial score (nSPS) is 10.5. The number of ether oxygens (including phenoxy) is 1. The molecule has 0 unspecified atom stereocenters. The number of sulfonamides is 1. The Morgan fingerprint density at radius 3 is 2.55 bits per heavy atom. The molecule has 0 amide bonds. The highest BCUT2D eigenvalue weighted by Gasteiger charge is 2.17. The molecule has 0 bridgehead atoms. The van der Waals surface area contributed by atoms with Crippen LogP contribution < -0.4 is 15.6 Å². The van der Waals surface area contributed by atoms with E-state index in [0.717, 1.165) is 0 Å². The first kappa shape index (κ1) is 16.3. The molecule has 108 valence electrons. The Morgan fingerprint density at radius 1 is 1.30 bits per heavy atom. The van der Waals surface area contributed by atoms with Crippen LogP contribution in [0.1, 0.15) is 0 Å². The summed E-state index contributed by atoms with van der Waals surface area (Å²) in [6.07, 6.45) is 4.33. The van der Waals surface area contributed by atoms with Crippen LogP contribution in [0.4, 0.5) is 5.69 Å². The number of rotatable bonds is 4. The minimum atomic E-state index is -3.69. The molecule has 0 saturated heterocycles. The quantitative estimate of drug-likeness (QED) is 0.862. The molecule has 2 aromatic rings. The van der Waals surface area contributed by atoms with Gasteiger partial charge in [0.2, 0.25) is 5.88 Å². The third-order valence-corrected chi connectivity index (χ3v) is 4.03. The topological polar surface area (TPSA) is 116 Å². The molecule has 0 aliphatic heterocycles. The maximum atomic E-state index is 12.1. The van der Waals surface area contributed by atoms with Gasteiger partial charge in [0, 0.05) is 23.1 Å². The number of halogens is 1. The zero-order valence-electron chi connectivity index (χ0n) is 10.6. The lowest BCUT2D eigenvalue weighted by Gasteiger charge is -2.11. The van der Waals surface area contributed by atoms with Crippen molar-refractivity contribution in [2.24, 2.45) is 0 Å². The van der Waals surface area contributed by atoms with Crippen molar-refractivity contribution in [1.29, 1.82) is 0 Å². The minimum Gasteiger partial charge on any atom is -0.479 e. The van der Waals surface area contributed by atoms with Gasteiger partial charge in [0.25, 0.3) is 10.0 Å². The van der Waals surface area contributed by atoms with E-state index in [9.17, 15) is 8.42 Å². The van der Waals surface area contributed by atoms with Gasteiger partial charge in [0.05, 0.1) is 12.0 Å². The molecule has 9 heteroatoms. The van der Waals surface area contributed by atoms with Crippen LogP contribution in [0.5, 0.6) is 5.88 Å². The molecule has 0 aliphatic rings. The van der Waals surface area contributed by atoms with Crippen LogP contribution in [0, 0.1) is 0 Å². The third kappa shape index (κ3) is 3.65. The summed E-state index contributed by atoms with van der Waals surface area (Å²) in [6.45, 7) is 0. The lowest BCUT2D eigenvalue weighted by molar-refractivity contribution is 0.400. The fourth-order valence-electron chi connectivity index (χ4n) is 1.38. The largest absolute Gasteiger partial charge is 0.479 e. The van der Waals surface area contributed by atoms with Crippen LogP contribution in [0.25, 0.3) is 0 Å². The van der Waals surface area contributed by atoms with Crippen molar-refractivity contribution in [2.75, 3.05) is 11.8 Å². The number of aromatic nitrogens is 2. The monoisotopic (exact) mass is 360 g/mol. The molecule has 0 radical (unpaired) electrons. The van der Waals surface area contributed by atoms with E-state index >= 15 is 0 Å². The van der Waals surface area contributed by atoms with E-state index in [1.165, 1.54) is 37.8 Å². The maximum absolute atomic E-state index is 12.1. The van der Waals surface area contributed by atoms with Crippen LogP contribution in [0.2, 0.25) is 0 Å². The van der Waals surface area contributed by atoms with Crippen LogP contribution in [0.15, 0.2) is 46.2 Å². The van der Waals surface area contributed by atoms with Crippen LogP contribution >= 0.6 is 15.9 Å². The van der Waals surface area contributed by atoms with Crippen LogP contribution in [-0.4, -0.2) is 25.5 Å². The maximum Gasteiger partial charge on any atom is 0.262 e. The zero-order valence-corrected chi connectivity index (χ0v) is 13.0. The predicted octanol–water partition coefficient (Wildman–Crippen LogP) is 2.21. The Hall–Kier alpha value is -1.71. The number of nitrogens with zero attached hydrogens (tertiary/aromatic N) is 2. The SMILES string of the molecule is COc1ncc(Br)cc1NS(=O)(=O)c1ccncc1.N. The summed E-state index contributed by atoms with van der Waals surface area (Å²) >= 11 is 3.23. The Morgan fingerprint density at radius 2 is 1.95 bits per heavy atom. The molecular formula is C11H13BrN4O3S. The van der Waals surface area contributed by atoms with Gasteiger partial charge in [-0.3, -0.25) is 9.71 Å². The number of hydrogen-bond donors (Lipinski definition) is 2. The standard InChI is InChI=1S/C11H10BrN3O3S.H3N/c1-18-11-10(6-8(12)7-14-11)15-19(16,17)9-2-4-13-5-3-9;/h2-7,15H,1H3;1H3. The molecule has 4 N–H and O–H groups in total. The van der Waals surface area contributed by atoms with Crippen molar-refractivity contribution in [3.63, 3.8) is 0 Å². The van der Waals surface area contributed by atoms with Crippen LogP contribution in [-0.2, 0) is 10.0 Å². The number of nitrogens with one attached hydrogen (secondary N) is 1. The fourth-order valence-corrected chi connectivity index (χ4v) is 2.75. The van der Waals surface area contributed by atoms with E-state index in [4.69, 9.17) is 4.74 Å². The summed E-state index contributed by atoms with van der Waals surface area (Å²) in [6, 6.07) is 4.38. The summed E-state index contributed by atoms with van der Waals surface area (Å²) in [5, 5.41) is 0. The zero-order chi connectivity index (χ0) is 13.9. The second-order valence-electron chi connectivity index (χ2n) is 3.50. The molecule has 0 spiro atoms. The lowest BCUT2D eigenvalue weighted by atomic mass is 10.4. The van der Waals surface area contributed by atoms with Gasteiger partial charge in [-0.05, 0) is 34.1 Å². The average molecular weight is 361 g/mol. The molecule has 20 heavy (non-hydrogen) atoms. The molecule has 0 aromatic carbocycles. The molecular weight excluding hydrogens is 348 g/mol. The summed E-state index contributed by atoms with van der Waals surface area (Å²) in [5.74, 6) is 0.195. The molecule has 2 heterocycles. The van der Waals surface area contributed by atoms with E-state index in [-0.39, 0.29) is 22.6 Å². The highest BCUT2D eigenvalue weighted by molar-refractivity contribution is 9.10. The molecule has 0 saturated carbocycles. The van der Waals surface area contributed by atoms with Gasteiger partial charge in [0.15, 0.2) is 0 Å². The summed E-state index contributed by atoms with van der Waals surface area (Å²) in [7, 11) is -2.28. The van der Waals surface area contributed by atoms with Gasteiger partial charge in [-0.15, -0.1) is 0 Å². The molecule has 0 aliphatic carbocycles. The summed E-state index contributed by atoms with van der Waals surface area (Å²) in [5.41, 5.74) is 0.258. The number of anilines is 1. The van der Waals surface area contributed by atoms with E-state index in [1.54, 1.807) is 6.07 Å². The van der Waals surface area contributed by atoms with E-state index in [1.807, 2.05) is 0 Å². The van der Waals surface area contributed by atoms with E-state index < -0.39 is 10.0 Å². The van der Waals surface area contributed by atoms with E-state index in [0.29, 0.717) is 4.47 Å². The third-order valence-electron chi connectivity index (χ3n) is 2.22. The molecule has 0 fully saturated rings. The minimum absolute atomic E-state index is 0. The highest BCUT2D eigenvalue weighted by Crippen LogP contribution is 2.27. The Bertz CT molecular complexity index is 679. The molecule has 2 aromatic heterocycles. The Balaban J connectivity index is 0.00000200. The van der Waals surface area contributed by atoms with Crippen LogP contribution in [0.3, 0.4) is 0 Å². The smallest absolute Gasteiger partial charge is 0.262 e. The number of methoxy groups -OCH3 is 1. The fraction of sp³-hybridized carbons (Fsp3) is 0.0909. The summed E-state index contributed by atoms with van der Waals surface area (Å²) < 4.78 is 32.4. The van der Waals surface area contributed by atoms with Gasteiger partial charge in [-0.2, -0.15) is 0 Å². The Labute approximate surface area is 125 Å². The van der Waals surface area contributed by atoms with Gasteiger partial charge in [-0.1, -0.05) is 0 Å². The van der Waals surface area contributed by atoms with Crippen molar-refractivity contribution in [1.82, 2.24) is 16.1 Å². The van der Waals surface area contributed by atoms with Gasteiger partial charge >= 0.3 is 0 Å². The van der Waals surface area contributed by atoms with Crippen molar-refractivity contribution in [3.8, 4) is 5.88 Å². The first-order valence-corrected chi connectivity index (χ1v) is 7.43. The highest BCUT2D eigenvalue weighted by atomic mass is 79.9. The van der Waals surface area contributed by atoms with Gasteiger partial charge in [0.1, 0.15) is 5.69 Å². The molecule has 7 nitrogen and oxygen atoms in total. The van der Waals surface area contributed by atoms with Crippen molar-refractivity contribution in [2.45, 2.75) is 4.90 Å². The average Bonchev–Trinajstić information content (AvgIpc) is 2.39. The van der Waals surface area contributed by atoms with Crippen molar-refractivity contribution < 1.29 is 13.2 Å². The predicted molar refractivity (Wildman–Crippen MR) is 78.6 cm³/mol. The van der Waals surface area contributed by atoms with Gasteiger partial charge in [-0.25, -0.2) is 13.4 Å². The number of pyridine rings is 2. The second-order valence-corrected chi connectivity index (χ2v) is 6.10. The second kappa shape index (κ2) is 6.64. The lowest BCUT2D eigenvalue weighted by Crippen LogP contribution is -2.14. The first-order chi connectivity index (χ1) is 9.03. The first-order valence-electron chi connectivity index (χ1n) is 5.15. The van der Waals surface area contributed by atoms with Crippen molar-refractivity contribution >= 4 is 31.6 Å². The Kier molecular flexibility index (Phi) is 5.43. The van der Waals surface area contributed by atoms with Crippen molar-refractivity contribution in [3.05, 3.63) is 41.3 Å².